The Hall–Kier alpha value is -2.24. The van der Waals surface area contributed by atoms with Crippen LogP contribution in [0.3, 0.4) is 0 Å². The summed E-state index contributed by atoms with van der Waals surface area (Å²) >= 11 is 0. The normalized spacial score (nSPS) is 18.9. The second-order valence-electron chi connectivity index (χ2n) is 8.36. The summed E-state index contributed by atoms with van der Waals surface area (Å²) in [4.78, 5) is 27.2. The molecule has 0 spiro atoms. The van der Waals surface area contributed by atoms with E-state index in [9.17, 15) is 23.3 Å². The van der Waals surface area contributed by atoms with Gasteiger partial charge in [0.2, 0.25) is 15.9 Å². The van der Waals surface area contributed by atoms with Crippen molar-refractivity contribution in [2.45, 2.75) is 44.0 Å². The largest absolute Gasteiger partial charge is 0.365 e. The average molecular weight is 454 g/mol. The highest BCUT2D eigenvalue weighted by molar-refractivity contribution is 7.89. The maximum Gasteiger partial charge on any atom is 0.293 e. The van der Waals surface area contributed by atoms with E-state index in [4.69, 9.17) is 0 Å². The number of nitro benzene ring substituents is 1. The van der Waals surface area contributed by atoms with Gasteiger partial charge in [-0.2, -0.15) is 4.31 Å². The van der Waals surface area contributed by atoms with Crippen LogP contribution in [0.5, 0.6) is 0 Å². The summed E-state index contributed by atoms with van der Waals surface area (Å²) in [7, 11) is -3.72. The molecule has 1 aromatic rings. The zero-order chi connectivity index (χ0) is 22.6. The summed E-state index contributed by atoms with van der Waals surface area (Å²) in [5.74, 6) is -0.0362. The zero-order valence-corrected chi connectivity index (χ0v) is 18.9. The van der Waals surface area contributed by atoms with Gasteiger partial charge in [0.05, 0.1) is 16.4 Å². The van der Waals surface area contributed by atoms with Crippen LogP contribution < -0.4 is 10.2 Å². The number of anilines is 1. The Morgan fingerprint density at radius 3 is 2.45 bits per heavy atom. The smallest absolute Gasteiger partial charge is 0.293 e. The number of hydrogen-bond acceptors (Lipinski definition) is 7. The molecule has 3 rings (SSSR count). The van der Waals surface area contributed by atoms with Gasteiger partial charge in [-0.05, 0) is 45.2 Å². The minimum atomic E-state index is -3.72. The van der Waals surface area contributed by atoms with E-state index in [1.807, 2.05) is 23.6 Å². The van der Waals surface area contributed by atoms with Gasteiger partial charge < -0.3 is 10.2 Å². The minimum Gasteiger partial charge on any atom is -0.365 e. The van der Waals surface area contributed by atoms with Crippen molar-refractivity contribution >= 4 is 27.3 Å². The zero-order valence-electron chi connectivity index (χ0n) is 18.1. The van der Waals surface area contributed by atoms with Crippen molar-refractivity contribution in [2.24, 2.45) is 0 Å². The Labute approximate surface area is 183 Å². The van der Waals surface area contributed by atoms with Crippen molar-refractivity contribution in [3.63, 3.8) is 0 Å². The van der Waals surface area contributed by atoms with Crippen LogP contribution >= 0.6 is 0 Å². The minimum absolute atomic E-state index is 0.0355. The van der Waals surface area contributed by atoms with Crippen LogP contribution in [-0.2, 0) is 14.8 Å². The fourth-order valence-electron chi connectivity index (χ4n) is 4.10. The van der Waals surface area contributed by atoms with Crippen molar-refractivity contribution in [1.29, 1.82) is 0 Å². The van der Waals surface area contributed by atoms with Crippen LogP contribution in [0.2, 0.25) is 0 Å². The van der Waals surface area contributed by atoms with Crippen LogP contribution in [-0.4, -0.2) is 80.3 Å². The third-order valence-electron chi connectivity index (χ3n) is 5.59. The first kappa shape index (κ1) is 23.4. The fraction of sp³-hybridized carbons (Fsp3) is 0.650. The Kier molecular flexibility index (Phi) is 7.50. The fourth-order valence-corrected chi connectivity index (χ4v) is 5.63. The number of nitrogens with zero attached hydrogens (tertiary/aromatic N) is 4. The second-order valence-corrected chi connectivity index (χ2v) is 10.3. The molecule has 0 atom stereocenters. The van der Waals surface area contributed by atoms with Crippen LogP contribution in [0.15, 0.2) is 23.1 Å². The van der Waals surface area contributed by atoms with Crippen molar-refractivity contribution in [1.82, 2.24) is 14.5 Å². The van der Waals surface area contributed by atoms with Gasteiger partial charge in [0, 0.05) is 51.4 Å². The molecule has 2 fully saturated rings. The van der Waals surface area contributed by atoms with Crippen LogP contribution in [0.4, 0.5) is 11.4 Å². The lowest BCUT2D eigenvalue weighted by atomic mass is 10.2. The molecule has 0 aromatic heterocycles. The molecule has 172 valence electrons. The summed E-state index contributed by atoms with van der Waals surface area (Å²) in [5.41, 5.74) is 0.213. The van der Waals surface area contributed by atoms with Crippen molar-refractivity contribution in [3.05, 3.63) is 28.3 Å². The molecule has 10 nitrogen and oxygen atoms in total. The summed E-state index contributed by atoms with van der Waals surface area (Å²) in [6.45, 7) is 7.45. The molecule has 11 heteroatoms. The number of benzene rings is 1. The number of carbonyl (C=O) groups excluding carboxylic acids is 1. The molecule has 0 radical (unpaired) electrons. The standard InChI is InChI=1S/C20H31N5O5S/c1-16(2)21-20(26)15-22-8-5-9-23(13-12-22)18-7-6-17(14-19(18)25(27)28)31(29,30)24-10-3-4-11-24/h6-7,14,16H,3-5,8-13,15H2,1-2H3,(H,21,26). The molecule has 1 aromatic carbocycles. The maximum absolute atomic E-state index is 12.8. The molecule has 2 aliphatic heterocycles. The summed E-state index contributed by atoms with van der Waals surface area (Å²) in [6.07, 6.45) is 2.36. The molecule has 31 heavy (non-hydrogen) atoms. The highest BCUT2D eigenvalue weighted by Crippen LogP contribution is 2.33. The van der Waals surface area contributed by atoms with E-state index in [0.29, 0.717) is 45.0 Å². The maximum atomic E-state index is 12.8. The van der Waals surface area contributed by atoms with Crippen molar-refractivity contribution < 1.29 is 18.1 Å². The van der Waals surface area contributed by atoms with Gasteiger partial charge in [-0.25, -0.2) is 8.42 Å². The molecule has 2 heterocycles. The first-order chi connectivity index (χ1) is 14.7. The topological polar surface area (TPSA) is 116 Å². The average Bonchev–Trinajstić information content (AvgIpc) is 3.16. The first-order valence-electron chi connectivity index (χ1n) is 10.7. The van der Waals surface area contributed by atoms with Gasteiger partial charge in [-0.1, -0.05) is 0 Å². The lowest BCUT2D eigenvalue weighted by molar-refractivity contribution is -0.384. The molecular formula is C20H31N5O5S. The number of hydrogen-bond donors (Lipinski definition) is 1. The number of nitro groups is 1. The Morgan fingerprint density at radius 2 is 1.81 bits per heavy atom. The molecule has 1 amide bonds. The Morgan fingerprint density at radius 1 is 1.10 bits per heavy atom. The number of amides is 1. The third kappa shape index (κ3) is 5.72. The second kappa shape index (κ2) is 9.92. The molecule has 1 N–H and O–H groups in total. The van der Waals surface area contributed by atoms with Gasteiger partial charge in [-0.3, -0.25) is 19.8 Å². The molecule has 0 saturated carbocycles. The lowest BCUT2D eigenvalue weighted by Crippen LogP contribution is -2.41. The Bertz CT molecular complexity index is 915. The van der Waals surface area contributed by atoms with Crippen molar-refractivity contribution in [2.75, 3.05) is 50.7 Å². The number of nitrogens with one attached hydrogen (secondary N) is 1. The molecule has 0 bridgehead atoms. The van der Waals surface area contributed by atoms with Crippen LogP contribution in [0, 0.1) is 10.1 Å². The van der Waals surface area contributed by atoms with Gasteiger partial charge in [0.1, 0.15) is 5.69 Å². The number of rotatable bonds is 7. The molecular weight excluding hydrogens is 422 g/mol. The van der Waals surface area contributed by atoms with Gasteiger partial charge in [-0.15, -0.1) is 0 Å². The van der Waals surface area contributed by atoms with Gasteiger partial charge in [0.15, 0.2) is 0 Å². The van der Waals surface area contributed by atoms with E-state index in [-0.39, 0.29) is 22.5 Å². The van der Waals surface area contributed by atoms with Gasteiger partial charge in [0.25, 0.3) is 5.69 Å². The summed E-state index contributed by atoms with van der Waals surface area (Å²) in [6, 6.07) is 4.27. The number of carbonyl (C=O) groups is 1. The molecule has 2 aliphatic rings. The van der Waals surface area contributed by atoms with E-state index >= 15 is 0 Å². The lowest BCUT2D eigenvalue weighted by Gasteiger charge is -2.24. The quantitative estimate of drug-likeness (QED) is 0.490. The molecule has 0 aliphatic carbocycles. The van der Waals surface area contributed by atoms with Crippen molar-refractivity contribution in [3.8, 4) is 0 Å². The summed E-state index contributed by atoms with van der Waals surface area (Å²) < 4.78 is 27.0. The highest BCUT2D eigenvalue weighted by Gasteiger charge is 2.31. The summed E-state index contributed by atoms with van der Waals surface area (Å²) in [5, 5.41) is 14.6. The van der Waals surface area contributed by atoms with E-state index in [2.05, 4.69) is 5.32 Å². The first-order valence-corrected chi connectivity index (χ1v) is 12.2. The van der Waals surface area contributed by atoms with E-state index in [1.54, 1.807) is 6.07 Å². The monoisotopic (exact) mass is 453 g/mol. The Balaban J connectivity index is 1.76. The third-order valence-corrected chi connectivity index (χ3v) is 7.49. The molecule has 2 saturated heterocycles. The number of sulfonamides is 1. The van der Waals surface area contributed by atoms with Crippen LogP contribution in [0.1, 0.15) is 33.1 Å². The predicted octanol–water partition coefficient (Wildman–Crippen LogP) is 1.42. The molecule has 0 unspecified atom stereocenters. The van der Waals surface area contributed by atoms with Gasteiger partial charge >= 0.3 is 0 Å². The SMILES string of the molecule is CC(C)NC(=O)CN1CCCN(c2ccc(S(=O)(=O)N3CCCC3)cc2[N+](=O)[O-])CC1. The van der Waals surface area contributed by atoms with E-state index in [0.717, 1.165) is 25.8 Å². The highest BCUT2D eigenvalue weighted by atomic mass is 32.2. The van der Waals surface area contributed by atoms with E-state index in [1.165, 1.54) is 16.4 Å². The van der Waals surface area contributed by atoms with E-state index < -0.39 is 14.9 Å². The predicted molar refractivity (Wildman–Crippen MR) is 118 cm³/mol. The van der Waals surface area contributed by atoms with Crippen LogP contribution in [0.25, 0.3) is 0 Å².